The van der Waals surface area contributed by atoms with E-state index in [1.807, 2.05) is 20.8 Å². The average Bonchev–Trinajstić information content (AvgIpc) is 2.36. The van der Waals surface area contributed by atoms with Gasteiger partial charge in [0.2, 0.25) is 11.8 Å². The lowest BCUT2D eigenvalue weighted by atomic mass is 10.2. The zero-order valence-electron chi connectivity index (χ0n) is 9.59. The highest BCUT2D eigenvalue weighted by atomic mass is 16.5. The molecule has 1 heterocycles. The Hall–Kier alpha value is -0.900. The van der Waals surface area contributed by atoms with Crippen molar-refractivity contribution in [1.82, 2.24) is 4.90 Å². The van der Waals surface area contributed by atoms with Gasteiger partial charge in [-0.05, 0) is 20.8 Å². The third-order valence-corrected chi connectivity index (χ3v) is 1.91. The lowest BCUT2D eigenvalue weighted by Crippen LogP contribution is -2.23. The van der Waals surface area contributed by atoms with Crippen LogP contribution in [0.15, 0.2) is 0 Å². The van der Waals surface area contributed by atoms with Crippen LogP contribution in [0.3, 0.4) is 0 Å². The molecule has 82 valence electrons. The van der Waals surface area contributed by atoms with Gasteiger partial charge in [-0.1, -0.05) is 0 Å². The lowest BCUT2D eigenvalue weighted by molar-refractivity contribution is -0.136. The van der Waals surface area contributed by atoms with Crippen molar-refractivity contribution >= 4 is 11.8 Å². The highest BCUT2D eigenvalue weighted by Crippen LogP contribution is 2.07. The van der Waals surface area contributed by atoms with E-state index in [4.69, 9.17) is 4.74 Å². The predicted molar refractivity (Wildman–Crippen MR) is 53.8 cm³/mol. The smallest absolute Gasteiger partial charge is 0.229 e. The molecule has 14 heavy (non-hydrogen) atoms. The molecule has 0 atom stereocenters. The number of rotatable bonds is 0. The van der Waals surface area contributed by atoms with Gasteiger partial charge < -0.3 is 4.74 Å². The molecule has 0 N–H and O–H groups in total. The van der Waals surface area contributed by atoms with Crippen LogP contribution in [0.2, 0.25) is 0 Å². The maximum absolute atomic E-state index is 10.5. The van der Waals surface area contributed by atoms with E-state index in [1.165, 1.54) is 11.9 Å². The van der Waals surface area contributed by atoms with Gasteiger partial charge in [0.15, 0.2) is 0 Å². The fourth-order valence-corrected chi connectivity index (χ4v) is 0.688. The minimum Gasteiger partial charge on any atom is -0.379 e. The highest BCUT2D eigenvalue weighted by molar-refractivity contribution is 6.01. The second-order valence-electron chi connectivity index (χ2n) is 4.16. The van der Waals surface area contributed by atoms with Crippen LogP contribution in [0.25, 0.3) is 0 Å². The molecule has 0 radical (unpaired) electrons. The first-order valence-corrected chi connectivity index (χ1v) is 4.62. The molecular weight excluding hydrogens is 182 g/mol. The molecule has 0 saturated carbocycles. The molecule has 1 saturated heterocycles. The van der Waals surface area contributed by atoms with Crippen LogP contribution in [0.1, 0.15) is 33.6 Å². The lowest BCUT2D eigenvalue weighted by Gasteiger charge is -2.14. The van der Waals surface area contributed by atoms with Crippen LogP contribution in [0.5, 0.6) is 0 Å². The van der Waals surface area contributed by atoms with Crippen LogP contribution >= 0.6 is 0 Å². The number of hydrogen-bond donors (Lipinski definition) is 0. The van der Waals surface area contributed by atoms with Gasteiger partial charge in [-0.2, -0.15) is 0 Å². The van der Waals surface area contributed by atoms with Gasteiger partial charge in [0.25, 0.3) is 0 Å². The summed E-state index contributed by atoms with van der Waals surface area (Å²) in [6.45, 7) is 6.06. The SMILES string of the molecule is CN1C(=O)CCC1=O.COC(C)(C)C. The van der Waals surface area contributed by atoms with E-state index in [0.717, 1.165) is 0 Å². The zero-order chi connectivity index (χ0) is 11.4. The minimum absolute atomic E-state index is 0.0417. The average molecular weight is 201 g/mol. The summed E-state index contributed by atoms with van der Waals surface area (Å²) < 4.78 is 4.94. The van der Waals surface area contributed by atoms with E-state index in [1.54, 1.807) is 7.11 Å². The van der Waals surface area contributed by atoms with Crippen molar-refractivity contribution in [3.05, 3.63) is 0 Å². The van der Waals surface area contributed by atoms with Crippen molar-refractivity contribution in [3.8, 4) is 0 Å². The van der Waals surface area contributed by atoms with Crippen molar-refractivity contribution < 1.29 is 14.3 Å². The van der Waals surface area contributed by atoms with Gasteiger partial charge in [-0.3, -0.25) is 14.5 Å². The summed E-state index contributed by atoms with van der Waals surface area (Å²) >= 11 is 0. The van der Waals surface area contributed by atoms with Crippen LogP contribution in [-0.2, 0) is 14.3 Å². The van der Waals surface area contributed by atoms with Gasteiger partial charge in [0.05, 0.1) is 5.60 Å². The van der Waals surface area contributed by atoms with Crippen molar-refractivity contribution in [2.45, 2.75) is 39.2 Å². The second kappa shape index (κ2) is 5.10. The Morgan fingerprint density at radius 2 is 1.43 bits per heavy atom. The van der Waals surface area contributed by atoms with Crippen molar-refractivity contribution in [2.75, 3.05) is 14.2 Å². The molecule has 0 bridgehead atoms. The number of imide groups is 1. The van der Waals surface area contributed by atoms with Crippen molar-refractivity contribution in [1.29, 1.82) is 0 Å². The van der Waals surface area contributed by atoms with Crippen molar-refractivity contribution in [2.24, 2.45) is 0 Å². The summed E-state index contributed by atoms with van der Waals surface area (Å²) in [6, 6.07) is 0. The van der Waals surface area contributed by atoms with Gasteiger partial charge in [0.1, 0.15) is 0 Å². The van der Waals surface area contributed by atoms with Crippen LogP contribution in [-0.4, -0.2) is 36.5 Å². The number of ether oxygens (including phenoxy) is 1. The molecule has 1 fully saturated rings. The van der Waals surface area contributed by atoms with E-state index in [-0.39, 0.29) is 17.4 Å². The van der Waals surface area contributed by atoms with E-state index in [9.17, 15) is 9.59 Å². The third-order valence-electron chi connectivity index (χ3n) is 1.91. The monoisotopic (exact) mass is 201 g/mol. The second-order valence-corrected chi connectivity index (χ2v) is 4.16. The first-order chi connectivity index (χ1) is 6.28. The fourth-order valence-electron chi connectivity index (χ4n) is 0.688. The topological polar surface area (TPSA) is 46.6 Å². The van der Waals surface area contributed by atoms with Crippen LogP contribution < -0.4 is 0 Å². The van der Waals surface area contributed by atoms with E-state index in [2.05, 4.69) is 0 Å². The number of nitrogens with zero attached hydrogens (tertiary/aromatic N) is 1. The Morgan fingerprint density at radius 3 is 1.50 bits per heavy atom. The number of amides is 2. The summed E-state index contributed by atoms with van der Waals surface area (Å²) in [7, 11) is 3.22. The maximum Gasteiger partial charge on any atom is 0.229 e. The van der Waals surface area contributed by atoms with Crippen LogP contribution in [0.4, 0.5) is 0 Å². The molecule has 2 amide bonds. The molecule has 0 aromatic rings. The fraction of sp³-hybridized carbons (Fsp3) is 0.800. The number of hydrogen-bond acceptors (Lipinski definition) is 3. The molecule has 4 nitrogen and oxygen atoms in total. The molecule has 0 spiro atoms. The Balaban J connectivity index is 0.000000255. The van der Waals surface area contributed by atoms with Gasteiger partial charge >= 0.3 is 0 Å². The van der Waals surface area contributed by atoms with Crippen molar-refractivity contribution in [3.63, 3.8) is 0 Å². The minimum atomic E-state index is -0.0602. The van der Waals surface area contributed by atoms with Crippen LogP contribution in [0, 0.1) is 0 Å². The number of carbonyl (C=O) groups excluding carboxylic acids is 2. The standard InChI is InChI=1S/C5H7NO2.C5H12O/c1-6-4(7)2-3-5(6)8;1-5(2,3)6-4/h2-3H2,1H3;1-4H3. The summed E-state index contributed by atoms with van der Waals surface area (Å²) in [5.74, 6) is -0.120. The Labute approximate surface area is 85.2 Å². The summed E-state index contributed by atoms with van der Waals surface area (Å²) in [6.07, 6.45) is 0.796. The summed E-state index contributed by atoms with van der Waals surface area (Å²) in [5, 5.41) is 0. The molecule has 0 aromatic heterocycles. The van der Waals surface area contributed by atoms with Gasteiger partial charge in [-0.25, -0.2) is 0 Å². The first kappa shape index (κ1) is 13.1. The first-order valence-electron chi connectivity index (χ1n) is 4.62. The quantitative estimate of drug-likeness (QED) is 0.553. The summed E-state index contributed by atoms with van der Waals surface area (Å²) in [5.41, 5.74) is 0.0417. The number of likely N-dealkylation sites (tertiary alicyclic amines) is 1. The Kier molecular flexibility index (Phi) is 4.77. The third kappa shape index (κ3) is 4.97. The Bertz CT molecular complexity index is 202. The number of carbonyl (C=O) groups is 2. The normalized spacial score (nSPS) is 16.8. The Morgan fingerprint density at radius 1 is 1.14 bits per heavy atom. The van der Waals surface area contributed by atoms with E-state index < -0.39 is 0 Å². The molecule has 4 heteroatoms. The predicted octanol–water partition coefficient (Wildman–Crippen LogP) is 1.20. The van der Waals surface area contributed by atoms with Gasteiger partial charge in [-0.15, -0.1) is 0 Å². The van der Waals surface area contributed by atoms with E-state index in [0.29, 0.717) is 12.8 Å². The molecule has 1 rings (SSSR count). The van der Waals surface area contributed by atoms with Gasteiger partial charge in [0, 0.05) is 27.0 Å². The molecule has 0 unspecified atom stereocenters. The maximum atomic E-state index is 10.5. The molecule has 1 aliphatic rings. The molecule has 0 aromatic carbocycles. The molecule has 0 aliphatic carbocycles. The summed E-state index contributed by atoms with van der Waals surface area (Å²) in [4.78, 5) is 22.1. The number of methoxy groups -OCH3 is 1. The van der Waals surface area contributed by atoms with E-state index >= 15 is 0 Å². The molecule has 1 aliphatic heterocycles. The zero-order valence-corrected chi connectivity index (χ0v) is 9.59. The largest absolute Gasteiger partial charge is 0.379 e. The molecular formula is C10H19NO3. The highest BCUT2D eigenvalue weighted by Gasteiger charge is 2.24.